The van der Waals surface area contributed by atoms with Crippen LogP contribution in [0.4, 0.5) is 13.2 Å². The minimum Gasteiger partial charge on any atom is -0.356 e. The molecule has 1 N–H and O–H groups in total. The van der Waals surface area contributed by atoms with E-state index in [1.165, 1.54) is 12.1 Å². The molecular weight excluding hydrogens is 441 g/mol. The molecule has 0 saturated carbocycles. The van der Waals surface area contributed by atoms with E-state index in [1.54, 1.807) is 4.90 Å². The third-order valence-corrected chi connectivity index (χ3v) is 6.89. The molecule has 0 unspecified atom stereocenters. The lowest BCUT2D eigenvalue weighted by molar-refractivity contribution is -0.137. The number of aromatic nitrogens is 1. The highest BCUT2D eigenvalue weighted by Crippen LogP contribution is 2.44. The number of hydrogen-bond acceptors (Lipinski definition) is 2. The van der Waals surface area contributed by atoms with Crippen LogP contribution in [-0.4, -0.2) is 27.6 Å². The fraction of sp³-hybridized carbons (Fsp3) is 0.185. The Bertz CT molecular complexity index is 1440. The van der Waals surface area contributed by atoms with Crippen molar-refractivity contribution < 1.29 is 22.8 Å². The number of ketones is 1. The largest absolute Gasteiger partial charge is 0.416 e. The van der Waals surface area contributed by atoms with Gasteiger partial charge in [0.1, 0.15) is 0 Å². The van der Waals surface area contributed by atoms with Gasteiger partial charge in [0.2, 0.25) is 5.91 Å². The van der Waals surface area contributed by atoms with Crippen LogP contribution in [0.2, 0.25) is 0 Å². The normalized spacial score (nSPS) is 20.0. The quantitative estimate of drug-likeness (QED) is 0.392. The Balaban J connectivity index is 1.42. The summed E-state index contributed by atoms with van der Waals surface area (Å²) in [4.78, 5) is 30.6. The van der Waals surface area contributed by atoms with Crippen LogP contribution >= 0.6 is 0 Å². The van der Waals surface area contributed by atoms with E-state index in [0.29, 0.717) is 12.0 Å². The maximum Gasteiger partial charge on any atom is 0.416 e. The molecule has 2 atom stereocenters. The second-order valence-electron chi connectivity index (χ2n) is 8.83. The van der Waals surface area contributed by atoms with Gasteiger partial charge in [0.05, 0.1) is 24.1 Å². The number of nitrogens with one attached hydrogen (secondary N) is 1. The Morgan fingerprint density at radius 1 is 0.853 bits per heavy atom. The number of halogens is 3. The first-order chi connectivity index (χ1) is 16.3. The lowest BCUT2D eigenvalue weighted by Crippen LogP contribution is -2.44. The lowest BCUT2D eigenvalue weighted by atomic mass is 9.88. The molecule has 2 aliphatic rings. The topological polar surface area (TPSA) is 53.2 Å². The SMILES string of the molecule is O=C1CC(=O)N2[C@H](c3ccc(-c4ccc(C(F)(F)F)cc4)cc3)c3[nH]c4ccccc4c3C[C@@H]12. The number of carbonyl (C=O) groups is 2. The van der Waals surface area contributed by atoms with E-state index >= 15 is 0 Å². The molecular formula is C27H19F3N2O2. The lowest BCUT2D eigenvalue weighted by Gasteiger charge is -2.37. The van der Waals surface area contributed by atoms with Gasteiger partial charge in [0.25, 0.3) is 0 Å². The van der Waals surface area contributed by atoms with E-state index in [1.807, 2.05) is 48.5 Å². The number of amides is 1. The number of benzene rings is 3. The van der Waals surface area contributed by atoms with Gasteiger partial charge in [0, 0.05) is 23.0 Å². The molecule has 1 saturated heterocycles. The molecule has 1 aromatic heterocycles. The van der Waals surface area contributed by atoms with Gasteiger partial charge in [0.15, 0.2) is 5.78 Å². The minimum absolute atomic E-state index is 0.0627. The smallest absolute Gasteiger partial charge is 0.356 e. The van der Waals surface area contributed by atoms with Crippen LogP contribution in [0.3, 0.4) is 0 Å². The molecule has 7 heteroatoms. The maximum atomic E-state index is 12.9. The summed E-state index contributed by atoms with van der Waals surface area (Å²) in [6, 6.07) is 19.5. The Hall–Kier alpha value is -3.87. The predicted molar refractivity (Wildman–Crippen MR) is 121 cm³/mol. The van der Waals surface area contributed by atoms with Gasteiger partial charge in [-0.1, -0.05) is 54.6 Å². The first kappa shape index (κ1) is 20.7. The van der Waals surface area contributed by atoms with Crippen molar-refractivity contribution in [1.82, 2.24) is 9.88 Å². The van der Waals surface area contributed by atoms with Crippen molar-refractivity contribution in [2.75, 3.05) is 0 Å². The number of rotatable bonds is 2. The first-order valence-corrected chi connectivity index (χ1v) is 11.0. The predicted octanol–water partition coefficient (Wildman–Crippen LogP) is 5.67. The van der Waals surface area contributed by atoms with Gasteiger partial charge in [-0.15, -0.1) is 0 Å². The summed E-state index contributed by atoms with van der Waals surface area (Å²) in [6.07, 6.45) is -3.98. The van der Waals surface area contributed by atoms with Crippen LogP contribution in [0.25, 0.3) is 22.0 Å². The van der Waals surface area contributed by atoms with Crippen LogP contribution in [0.5, 0.6) is 0 Å². The van der Waals surface area contributed by atoms with Gasteiger partial charge in [-0.3, -0.25) is 9.59 Å². The highest BCUT2D eigenvalue weighted by molar-refractivity contribution is 6.08. The van der Waals surface area contributed by atoms with Crippen molar-refractivity contribution >= 4 is 22.6 Å². The zero-order chi connectivity index (χ0) is 23.6. The molecule has 3 heterocycles. The van der Waals surface area contributed by atoms with Crippen molar-refractivity contribution in [3.63, 3.8) is 0 Å². The second kappa shape index (κ2) is 7.32. The molecule has 2 aliphatic heterocycles. The molecule has 1 amide bonds. The molecule has 34 heavy (non-hydrogen) atoms. The summed E-state index contributed by atoms with van der Waals surface area (Å²) >= 11 is 0. The number of nitrogens with zero attached hydrogens (tertiary/aromatic N) is 1. The van der Waals surface area contributed by atoms with E-state index in [2.05, 4.69) is 4.98 Å². The molecule has 0 radical (unpaired) electrons. The molecule has 170 valence electrons. The zero-order valence-electron chi connectivity index (χ0n) is 17.9. The van der Waals surface area contributed by atoms with Crippen molar-refractivity contribution in [3.05, 3.63) is 95.2 Å². The van der Waals surface area contributed by atoms with Gasteiger partial charge in [-0.05, 0) is 40.5 Å². The van der Waals surface area contributed by atoms with Crippen LogP contribution in [0.1, 0.15) is 34.8 Å². The molecule has 4 aromatic rings. The summed E-state index contributed by atoms with van der Waals surface area (Å²) in [5.41, 5.74) is 4.51. The number of alkyl halides is 3. The molecule has 0 aliphatic carbocycles. The van der Waals surface area contributed by atoms with Gasteiger partial charge in [-0.2, -0.15) is 13.2 Å². The number of hydrogen-bond donors (Lipinski definition) is 1. The molecule has 6 rings (SSSR count). The highest BCUT2D eigenvalue weighted by atomic mass is 19.4. The summed E-state index contributed by atoms with van der Waals surface area (Å²) in [5.74, 6) is -0.247. The van der Waals surface area contributed by atoms with E-state index in [-0.39, 0.29) is 18.1 Å². The standard InChI is InChI=1S/C27H19F3N2O2/c28-27(29,30)18-11-9-16(10-12-18)15-5-7-17(8-6-15)26-25-20(19-3-1-2-4-21(19)31-25)13-22-23(33)14-24(34)32(22)26/h1-12,22,26,31H,13-14H2/t22-,26+/m0/s1. The molecule has 1 fully saturated rings. The Morgan fingerprint density at radius 2 is 1.50 bits per heavy atom. The van der Waals surface area contributed by atoms with E-state index < -0.39 is 23.8 Å². The Morgan fingerprint density at radius 3 is 2.18 bits per heavy atom. The van der Waals surface area contributed by atoms with Gasteiger partial charge >= 0.3 is 6.18 Å². The molecule has 0 spiro atoms. The maximum absolute atomic E-state index is 12.9. The minimum atomic E-state index is -4.38. The summed E-state index contributed by atoms with van der Waals surface area (Å²) in [5, 5.41) is 1.05. The molecule has 4 nitrogen and oxygen atoms in total. The van der Waals surface area contributed by atoms with Crippen molar-refractivity contribution in [2.24, 2.45) is 0 Å². The summed E-state index contributed by atoms with van der Waals surface area (Å²) < 4.78 is 38.7. The van der Waals surface area contributed by atoms with Gasteiger partial charge in [-0.25, -0.2) is 0 Å². The van der Waals surface area contributed by atoms with Crippen molar-refractivity contribution in [1.29, 1.82) is 0 Å². The van der Waals surface area contributed by atoms with Crippen LogP contribution in [0.15, 0.2) is 72.8 Å². The number of para-hydroxylation sites is 1. The van der Waals surface area contributed by atoms with Crippen LogP contribution in [-0.2, 0) is 22.2 Å². The van der Waals surface area contributed by atoms with Crippen LogP contribution in [0, 0.1) is 0 Å². The average Bonchev–Trinajstić information content (AvgIpc) is 3.34. The number of Topliss-reactive ketones (excluding diaryl/α,β-unsaturated/α-hetero) is 1. The first-order valence-electron chi connectivity index (χ1n) is 11.0. The number of fused-ring (bicyclic) bond motifs is 4. The van der Waals surface area contributed by atoms with E-state index in [9.17, 15) is 22.8 Å². The molecule has 3 aromatic carbocycles. The summed E-state index contributed by atoms with van der Waals surface area (Å²) in [6.45, 7) is 0. The fourth-order valence-electron chi connectivity index (χ4n) is 5.27. The Labute approximate surface area is 193 Å². The third kappa shape index (κ3) is 3.15. The van der Waals surface area contributed by atoms with Crippen LogP contribution < -0.4 is 0 Å². The number of aromatic amines is 1. The van der Waals surface area contributed by atoms with Crippen molar-refractivity contribution in [3.8, 4) is 11.1 Å². The van der Waals surface area contributed by atoms with E-state index in [0.717, 1.165) is 45.4 Å². The van der Waals surface area contributed by atoms with Gasteiger partial charge < -0.3 is 9.88 Å². The fourth-order valence-corrected chi connectivity index (χ4v) is 5.27. The average molecular weight is 460 g/mol. The second-order valence-corrected chi connectivity index (χ2v) is 8.83. The third-order valence-electron chi connectivity index (χ3n) is 6.89. The number of H-pyrrole nitrogens is 1. The highest BCUT2D eigenvalue weighted by Gasteiger charge is 2.48. The van der Waals surface area contributed by atoms with E-state index in [4.69, 9.17) is 0 Å². The van der Waals surface area contributed by atoms with Crippen molar-refractivity contribution in [2.45, 2.75) is 31.1 Å². The zero-order valence-corrected chi connectivity index (χ0v) is 17.9. The number of carbonyl (C=O) groups excluding carboxylic acids is 2. The summed E-state index contributed by atoms with van der Waals surface area (Å²) in [7, 11) is 0. The monoisotopic (exact) mass is 460 g/mol. The Kier molecular flexibility index (Phi) is 4.46. The molecule has 0 bridgehead atoms.